The highest BCUT2D eigenvalue weighted by Gasteiger charge is 2.28. The highest BCUT2D eigenvalue weighted by Crippen LogP contribution is 2.38. The molecule has 204 valence electrons. The number of carboxylic acid groups (broad SMARTS) is 1. The number of halogens is 2. The normalized spacial score (nSPS) is 16.0. The number of pyridine rings is 1. The molecule has 0 radical (unpaired) electrons. The first-order chi connectivity index (χ1) is 18.7. The van der Waals surface area contributed by atoms with Crippen molar-refractivity contribution < 1.29 is 28.3 Å². The van der Waals surface area contributed by atoms with Crippen molar-refractivity contribution >= 4 is 34.9 Å². The van der Waals surface area contributed by atoms with Crippen LogP contribution in [0.2, 0.25) is 0 Å². The first-order valence-corrected chi connectivity index (χ1v) is 13.7. The van der Waals surface area contributed by atoms with Gasteiger partial charge in [-0.25, -0.2) is 14.4 Å². The van der Waals surface area contributed by atoms with E-state index in [-0.39, 0.29) is 41.6 Å². The van der Waals surface area contributed by atoms with Crippen LogP contribution in [0.1, 0.15) is 49.1 Å². The summed E-state index contributed by atoms with van der Waals surface area (Å²) in [5, 5.41) is 11.6. The topological polar surface area (TPSA) is 112 Å². The van der Waals surface area contributed by atoms with Crippen LogP contribution in [-0.4, -0.2) is 39.9 Å². The van der Waals surface area contributed by atoms with Crippen molar-refractivity contribution in [2.45, 2.75) is 51.5 Å². The molecule has 5 rings (SSSR count). The lowest BCUT2D eigenvalue weighted by Crippen LogP contribution is -2.32. The SMILES string of the molecule is CN1C(=O)Cc2cc(-c3ccc(F)cc3-c3nc(CNC(=O)[C@@H](CC(=O)O)CC4CCCC4)sc3F)cnc21. The maximum absolute atomic E-state index is 15.1. The fourth-order valence-corrected chi connectivity index (χ4v) is 6.22. The largest absolute Gasteiger partial charge is 0.481 e. The van der Waals surface area contributed by atoms with Crippen molar-refractivity contribution in [1.82, 2.24) is 15.3 Å². The molecular weight excluding hydrogens is 526 g/mol. The van der Waals surface area contributed by atoms with Gasteiger partial charge in [0.1, 0.15) is 22.3 Å². The van der Waals surface area contributed by atoms with Gasteiger partial charge in [0.15, 0.2) is 0 Å². The van der Waals surface area contributed by atoms with Crippen LogP contribution in [-0.2, 0) is 27.3 Å². The van der Waals surface area contributed by atoms with Crippen LogP contribution < -0.4 is 10.2 Å². The Hall–Kier alpha value is -3.73. The fraction of sp³-hybridized carbons (Fsp3) is 0.393. The predicted octanol–water partition coefficient (Wildman–Crippen LogP) is 4.96. The second-order valence-corrected chi connectivity index (χ2v) is 11.2. The number of carboxylic acids is 1. The van der Waals surface area contributed by atoms with Gasteiger partial charge < -0.3 is 10.4 Å². The number of aromatic nitrogens is 2. The van der Waals surface area contributed by atoms with Gasteiger partial charge in [-0.2, -0.15) is 4.39 Å². The van der Waals surface area contributed by atoms with E-state index in [0.717, 1.165) is 42.6 Å². The van der Waals surface area contributed by atoms with Gasteiger partial charge in [0, 0.05) is 35.9 Å². The van der Waals surface area contributed by atoms with Gasteiger partial charge >= 0.3 is 5.97 Å². The maximum Gasteiger partial charge on any atom is 0.304 e. The van der Waals surface area contributed by atoms with Gasteiger partial charge in [-0.3, -0.25) is 19.3 Å². The number of aliphatic carboxylic acids is 1. The Morgan fingerprint density at radius 3 is 2.72 bits per heavy atom. The maximum atomic E-state index is 15.1. The second kappa shape index (κ2) is 11.2. The number of likely N-dealkylation sites (N-methyl/N-ethyl adjacent to an activating group) is 1. The van der Waals surface area contributed by atoms with Gasteiger partial charge in [-0.1, -0.05) is 43.1 Å². The summed E-state index contributed by atoms with van der Waals surface area (Å²) in [7, 11) is 1.65. The molecule has 0 unspecified atom stereocenters. The summed E-state index contributed by atoms with van der Waals surface area (Å²) in [6.45, 7) is -0.0687. The number of hydrogen-bond acceptors (Lipinski definition) is 6. The van der Waals surface area contributed by atoms with Gasteiger partial charge in [0.05, 0.1) is 19.4 Å². The molecule has 2 N–H and O–H groups in total. The zero-order valence-electron chi connectivity index (χ0n) is 21.4. The highest BCUT2D eigenvalue weighted by molar-refractivity contribution is 7.10. The number of nitrogens with zero attached hydrogens (tertiary/aromatic N) is 3. The number of hydrogen-bond donors (Lipinski definition) is 2. The second-order valence-electron chi connectivity index (χ2n) is 10.2. The summed E-state index contributed by atoms with van der Waals surface area (Å²) in [4.78, 5) is 46.5. The molecule has 2 amide bonds. The third-order valence-corrected chi connectivity index (χ3v) is 8.30. The zero-order chi connectivity index (χ0) is 27.7. The number of nitrogens with one attached hydrogen (secondary N) is 1. The predicted molar refractivity (Wildman–Crippen MR) is 142 cm³/mol. The van der Waals surface area contributed by atoms with E-state index < -0.39 is 28.7 Å². The number of carbonyl (C=O) groups excluding carboxylic acids is 2. The average molecular weight is 555 g/mol. The average Bonchev–Trinajstić information content (AvgIpc) is 3.61. The lowest BCUT2D eigenvalue weighted by atomic mass is 9.90. The number of rotatable bonds is 9. The van der Waals surface area contributed by atoms with Crippen molar-refractivity contribution in [2.75, 3.05) is 11.9 Å². The minimum absolute atomic E-state index is 0.0551. The number of benzene rings is 1. The van der Waals surface area contributed by atoms with Crippen molar-refractivity contribution in [3.8, 4) is 22.4 Å². The number of thiazole rings is 1. The lowest BCUT2D eigenvalue weighted by Gasteiger charge is -2.18. The van der Waals surface area contributed by atoms with Crippen LogP contribution in [0, 0.1) is 22.8 Å². The van der Waals surface area contributed by atoms with E-state index in [4.69, 9.17) is 0 Å². The fourth-order valence-electron chi connectivity index (χ4n) is 5.48. The Bertz CT molecular complexity index is 1440. The van der Waals surface area contributed by atoms with E-state index >= 15 is 4.39 Å². The molecule has 1 aliphatic carbocycles. The van der Waals surface area contributed by atoms with Gasteiger partial charge in [0.25, 0.3) is 0 Å². The quantitative estimate of drug-likeness (QED) is 0.387. The number of anilines is 1. The lowest BCUT2D eigenvalue weighted by molar-refractivity contribution is -0.141. The Morgan fingerprint density at radius 1 is 1.21 bits per heavy atom. The van der Waals surface area contributed by atoms with Crippen molar-refractivity contribution in [2.24, 2.45) is 11.8 Å². The smallest absolute Gasteiger partial charge is 0.304 e. The summed E-state index contributed by atoms with van der Waals surface area (Å²) in [5.74, 6) is -1.85. The van der Waals surface area contributed by atoms with Crippen LogP contribution in [0.4, 0.5) is 14.6 Å². The first kappa shape index (κ1) is 26.9. The summed E-state index contributed by atoms with van der Waals surface area (Å²) >= 11 is 0.742. The van der Waals surface area contributed by atoms with Crippen LogP contribution in [0.25, 0.3) is 22.4 Å². The molecule has 0 saturated heterocycles. The molecule has 8 nitrogen and oxygen atoms in total. The molecule has 39 heavy (non-hydrogen) atoms. The van der Waals surface area contributed by atoms with E-state index in [0.29, 0.717) is 29.3 Å². The Balaban J connectivity index is 1.36. The molecule has 0 spiro atoms. The first-order valence-electron chi connectivity index (χ1n) is 12.9. The minimum Gasteiger partial charge on any atom is -0.481 e. The summed E-state index contributed by atoms with van der Waals surface area (Å²) in [6, 6.07) is 5.78. The summed E-state index contributed by atoms with van der Waals surface area (Å²) < 4.78 is 29.5. The Kier molecular flexibility index (Phi) is 7.69. The monoisotopic (exact) mass is 554 g/mol. The third-order valence-electron chi connectivity index (χ3n) is 7.45. The van der Waals surface area contributed by atoms with Crippen molar-refractivity contribution in [3.63, 3.8) is 0 Å². The van der Waals surface area contributed by atoms with Crippen molar-refractivity contribution in [3.05, 3.63) is 52.0 Å². The number of carbonyl (C=O) groups is 3. The molecule has 1 fully saturated rings. The summed E-state index contributed by atoms with van der Waals surface area (Å²) in [5.41, 5.74) is 2.00. The molecule has 2 aliphatic rings. The van der Waals surface area contributed by atoms with E-state index in [1.54, 1.807) is 19.3 Å². The molecular formula is C28H28F2N4O4S. The molecule has 3 aromatic rings. The molecule has 3 heterocycles. The standard InChI is InChI=1S/C28H28F2N4O4S/c1-34-23(35)10-16-9-18(13-31-27(16)34)20-7-6-19(29)12-21(20)25-26(30)39-22(33-25)14-32-28(38)17(11-24(36)37)8-15-4-2-3-5-15/h6-7,9,12-13,15,17H,2-5,8,10-11,14H2,1H3,(H,32,38)(H,36,37)/t17-/m1/s1. The van der Waals surface area contributed by atoms with Gasteiger partial charge in [-0.15, -0.1) is 0 Å². The third kappa shape index (κ3) is 5.83. The van der Waals surface area contributed by atoms with E-state index in [2.05, 4.69) is 15.3 Å². The molecule has 11 heteroatoms. The Morgan fingerprint density at radius 2 is 1.97 bits per heavy atom. The van der Waals surface area contributed by atoms with E-state index in [9.17, 15) is 23.9 Å². The zero-order valence-corrected chi connectivity index (χ0v) is 22.2. The molecule has 2 aromatic heterocycles. The van der Waals surface area contributed by atoms with Gasteiger partial charge in [0.2, 0.25) is 16.9 Å². The molecule has 1 atom stereocenters. The van der Waals surface area contributed by atoms with E-state index in [1.165, 1.54) is 23.1 Å². The molecule has 1 aromatic carbocycles. The molecule has 0 bridgehead atoms. The number of amides is 2. The van der Waals surface area contributed by atoms with E-state index in [1.807, 2.05) is 0 Å². The van der Waals surface area contributed by atoms with Crippen LogP contribution in [0.5, 0.6) is 0 Å². The van der Waals surface area contributed by atoms with Gasteiger partial charge in [-0.05, 0) is 36.1 Å². The molecule has 1 aliphatic heterocycles. The van der Waals surface area contributed by atoms with Crippen LogP contribution >= 0.6 is 11.3 Å². The van der Waals surface area contributed by atoms with Crippen LogP contribution in [0.15, 0.2) is 30.5 Å². The molecule has 1 saturated carbocycles. The highest BCUT2D eigenvalue weighted by atomic mass is 32.1. The van der Waals surface area contributed by atoms with Crippen LogP contribution in [0.3, 0.4) is 0 Å². The summed E-state index contributed by atoms with van der Waals surface area (Å²) in [6.07, 6.45) is 6.17. The van der Waals surface area contributed by atoms with Crippen molar-refractivity contribution in [1.29, 1.82) is 0 Å². The number of fused-ring (bicyclic) bond motifs is 1. The minimum atomic E-state index is -1.04. The Labute approximate surface area is 228 Å².